The predicted molar refractivity (Wildman–Crippen MR) is 66.5 cm³/mol. The van der Waals surface area contributed by atoms with E-state index in [-0.39, 0.29) is 13.0 Å². The summed E-state index contributed by atoms with van der Waals surface area (Å²) in [7, 11) is 0. The van der Waals surface area contributed by atoms with Crippen LogP contribution >= 0.6 is 0 Å². The highest BCUT2D eigenvalue weighted by molar-refractivity contribution is 5.85. The van der Waals surface area contributed by atoms with Crippen molar-refractivity contribution in [2.75, 3.05) is 13.1 Å². The van der Waals surface area contributed by atoms with Crippen LogP contribution in [0.3, 0.4) is 0 Å². The Bertz CT molecular complexity index is 536. The molecule has 1 aromatic heterocycles. The smallest absolute Gasteiger partial charge is 0.267 e. The van der Waals surface area contributed by atoms with E-state index in [2.05, 4.69) is 9.98 Å². The molecule has 5 nitrogen and oxygen atoms in total. The highest BCUT2D eigenvalue weighted by atomic mass is 19.3. The Kier molecular flexibility index (Phi) is 3.11. The van der Waals surface area contributed by atoms with Gasteiger partial charge in [0.25, 0.3) is 11.8 Å². The minimum atomic E-state index is -2.80. The lowest BCUT2D eigenvalue weighted by molar-refractivity contribution is -0.134. The van der Waals surface area contributed by atoms with Crippen LogP contribution in [-0.4, -0.2) is 47.2 Å². The normalized spacial score (nSPS) is 27.6. The molecule has 1 amide bonds. The van der Waals surface area contributed by atoms with E-state index < -0.39 is 30.5 Å². The SMILES string of the molecule is O=C([C@H]1N=COC1c1ccncc1)N1CCC(F)(F)C1. The second-order valence-corrected chi connectivity index (χ2v) is 4.90. The molecule has 0 spiro atoms. The molecule has 0 N–H and O–H groups in total. The number of likely N-dealkylation sites (tertiary alicyclic amines) is 1. The van der Waals surface area contributed by atoms with Gasteiger partial charge in [-0.25, -0.2) is 13.8 Å². The first kappa shape index (κ1) is 13.0. The summed E-state index contributed by atoms with van der Waals surface area (Å²) in [5.41, 5.74) is 0.752. The first-order chi connectivity index (χ1) is 9.57. The Morgan fingerprint density at radius 1 is 1.40 bits per heavy atom. The van der Waals surface area contributed by atoms with Crippen LogP contribution in [-0.2, 0) is 9.53 Å². The second-order valence-electron chi connectivity index (χ2n) is 4.90. The van der Waals surface area contributed by atoms with Crippen molar-refractivity contribution in [1.82, 2.24) is 9.88 Å². The summed E-state index contributed by atoms with van der Waals surface area (Å²) in [6.45, 7) is -0.484. The Labute approximate surface area is 114 Å². The van der Waals surface area contributed by atoms with E-state index >= 15 is 0 Å². The number of amides is 1. The van der Waals surface area contributed by atoms with Crippen molar-refractivity contribution < 1.29 is 18.3 Å². The summed E-state index contributed by atoms with van der Waals surface area (Å²) < 4.78 is 31.7. The van der Waals surface area contributed by atoms with Gasteiger partial charge in [0.1, 0.15) is 0 Å². The topological polar surface area (TPSA) is 54.8 Å². The fourth-order valence-corrected chi connectivity index (χ4v) is 2.44. The van der Waals surface area contributed by atoms with Crippen LogP contribution in [0.4, 0.5) is 8.78 Å². The highest BCUT2D eigenvalue weighted by Gasteiger charge is 2.44. The standard InChI is InChI=1S/C13H13F2N3O2/c14-13(15)3-6-18(7-13)12(19)10-11(20-8-17-10)9-1-4-16-5-2-9/h1-2,4-5,8,10-11H,3,6-7H2/t10-,11?/m0/s1. The van der Waals surface area contributed by atoms with Gasteiger partial charge in [0, 0.05) is 25.4 Å². The maximum Gasteiger partial charge on any atom is 0.267 e. The molecule has 0 radical (unpaired) electrons. The van der Waals surface area contributed by atoms with E-state index in [0.717, 1.165) is 10.5 Å². The fraction of sp³-hybridized carbons (Fsp3) is 0.462. The van der Waals surface area contributed by atoms with E-state index in [1.165, 1.54) is 6.40 Å². The van der Waals surface area contributed by atoms with Crippen molar-refractivity contribution in [1.29, 1.82) is 0 Å². The predicted octanol–water partition coefficient (Wildman–Crippen LogP) is 1.42. The van der Waals surface area contributed by atoms with Gasteiger partial charge in [-0.15, -0.1) is 0 Å². The average Bonchev–Trinajstić information content (AvgIpc) is 3.05. The van der Waals surface area contributed by atoms with E-state index in [1.54, 1.807) is 24.5 Å². The number of ether oxygens (including phenoxy) is 1. The number of aliphatic imine (C=N–C) groups is 1. The largest absolute Gasteiger partial charge is 0.473 e. The van der Waals surface area contributed by atoms with Gasteiger partial charge in [-0.3, -0.25) is 9.78 Å². The third-order valence-electron chi connectivity index (χ3n) is 3.48. The number of aromatic nitrogens is 1. The molecule has 106 valence electrons. The fourth-order valence-electron chi connectivity index (χ4n) is 2.44. The second kappa shape index (κ2) is 4.81. The quantitative estimate of drug-likeness (QED) is 0.823. The summed E-state index contributed by atoms with van der Waals surface area (Å²) >= 11 is 0. The molecule has 1 saturated heterocycles. The number of rotatable bonds is 2. The molecule has 2 aliphatic rings. The first-order valence-electron chi connectivity index (χ1n) is 6.30. The third kappa shape index (κ3) is 2.35. The molecule has 20 heavy (non-hydrogen) atoms. The van der Waals surface area contributed by atoms with Gasteiger partial charge in [-0.1, -0.05) is 0 Å². The Morgan fingerprint density at radius 2 is 2.15 bits per heavy atom. The van der Waals surface area contributed by atoms with E-state index in [9.17, 15) is 13.6 Å². The number of halogens is 2. The summed E-state index contributed by atoms with van der Waals surface area (Å²) in [5, 5.41) is 0. The molecule has 1 unspecified atom stereocenters. The molecule has 0 aliphatic carbocycles. The van der Waals surface area contributed by atoms with Crippen LogP contribution in [0.15, 0.2) is 29.5 Å². The van der Waals surface area contributed by atoms with Crippen molar-refractivity contribution in [3.63, 3.8) is 0 Å². The van der Waals surface area contributed by atoms with Gasteiger partial charge in [-0.2, -0.15) is 0 Å². The number of carbonyl (C=O) groups excluding carboxylic acids is 1. The molecule has 2 atom stereocenters. The van der Waals surface area contributed by atoms with Crippen LogP contribution in [0.1, 0.15) is 18.1 Å². The number of hydrogen-bond donors (Lipinski definition) is 0. The van der Waals surface area contributed by atoms with Crippen LogP contribution in [0.2, 0.25) is 0 Å². The van der Waals surface area contributed by atoms with E-state index in [4.69, 9.17) is 4.74 Å². The highest BCUT2D eigenvalue weighted by Crippen LogP contribution is 2.32. The van der Waals surface area contributed by atoms with Gasteiger partial charge in [0.05, 0.1) is 6.54 Å². The van der Waals surface area contributed by atoms with E-state index in [0.29, 0.717) is 0 Å². The third-order valence-corrected chi connectivity index (χ3v) is 3.48. The van der Waals surface area contributed by atoms with Crippen molar-refractivity contribution in [2.24, 2.45) is 4.99 Å². The average molecular weight is 281 g/mol. The summed E-state index contributed by atoms with van der Waals surface area (Å²) in [6, 6.07) is 2.64. The Morgan fingerprint density at radius 3 is 2.80 bits per heavy atom. The molecule has 1 aromatic rings. The van der Waals surface area contributed by atoms with Crippen LogP contribution in [0.5, 0.6) is 0 Å². The lowest BCUT2D eigenvalue weighted by Gasteiger charge is -2.22. The molecule has 0 saturated carbocycles. The Balaban J connectivity index is 1.76. The minimum Gasteiger partial charge on any atom is -0.473 e. The lowest BCUT2D eigenvalue weighted by Crippen LogP contribution is -2.40. The molecule has 1 fully saturated rings. The zero-order valence-corrected chi connectivity index (χ0v) is 10.6. The summed E-state index contributed by atoms with van der Waals surface area (Å²) in [4.78, 5) is 21.3. The van der Waals surface area contributed by atoms with Crippen molar-refractivity contribution in [2.45, 2.75) is 24.5 Å². The minimum absolute atomic E-state index is 0.0565. The van der Waals surface area contributed by atoms with Crippen molar-refractivity contribution in [3.8, 4) is 0 Å². The van der Waals surface area contributed by atoms with Crippen LogP contribution in [0, 0.1) is 0 Å². The van der Waals surface area contributed by atoms with Gasteiger partial charge in [0.2, 0.25) is 0 Å². The molecule has 3 rings (SSSR count). The number of hydrogen-bond acceptors (Lipinski definition) is 4. The van der Waals surface area contributed by atoms with Gasteiger partial charge < -0.3 is 9.64 Å². The molecular formula is C13H13F2N3O2. The van der Waals surface area contributed by atoms with E-state index in [1.807, 2.05) is 0 Å². The van der Waals surface area contributed by atoms with Crippen LogP contribution in [0.25, 0.3) is 0 Å². The number of nitrogens with zero attached hydrogens (tertiary/aromatic N) is 3. The molecule has 2 aliphatic heterocycles. The molecule has 0 aromatic carbocycles. The number of alkyl halides is 2. The molecular weight excluding hydrogens is 268 g/mol. The maximum absolute atomic E-state index is 13.2. The Hall–Kier alpha value is -2.05. The lowest BCUT2D eigenvalue weighted by atomic mass is 10.0. The van der Waals surface area contributed by atoms with Crippen molar-refractivity contribution in [3.05, 3.63) is 30.1 Å². The van der Waals surface area contributed by atoms with Crippen molar-refractivity contribution >= 4 is 12.3 Å². The summed E-state index contributed by atoms with van der Waals surface area (Å²) in [5.74, 6) is -3.22. The maximum atomic E-state index is 13.2. The first-order valence-corrected chi connectivity index (χ1v) is 6.30. The van der Waals surface area contributed by atoms with Crippen LogP contribution < -0.4 is 0 Å². The number of pyridine rings is 1. The van der Waals surface area contributed by atoms with Gasteiger partial charge >= 0.3 is 0 Å². The zero-order chi connectivity index (χ0) is 14.2. The summed E-state index contributed by atoms with van der Waals surface area (Å²) in [6.07, 6.45) is 3.52. The monoisotopic (exact) mass is 281 g/mol. The molecule has 7 heteroatoms. The van der Waals surface area contributed by atoms with Gasteiger partial charge in [-0.05, 0) is 17.7 Å². The molecule has 0 bridgehead atoms. The number of carbonyl (C=O) groups is 1. The van der Waals surface area contributed by atoms with Gasteiger partial charge in [0.15, 0.2) is 18.5 Å². The molecule has 3 heterocycles. The zero-order valence-electron chi connectivity index (χ0n) is 10.6.